The number of thiophene rings is 1. The van der Waals surface area contributed by atoms with Crippen molar-refractivity contribution >= 4 is 86.0 Å². The fraction of sp³-hybridized carbons (Fsp3) is 0. The highest BCUT2D eigenvalue weighted by molar-refractivity contribution is 7.25. The van der Waals surface area contributed by atoms with Crippen LogP contribution in [0.3, 0.4) is 0 Å². The minimum absolute atomic E-state index is 0.577. The lowest BCUT2D eigenvalue weighted by Gasteiger charge is -2.14. The molecule has 0 unspecified atom stereocenters. The second-order valence-corrected chi connectivity index (χ2v) is 18.3. The van der Waals surface area contributed by atoms with Crippen molar-refractivity contribution in [3.05, 3.63) is 218 Å². The van der Waals surface area contributed by atoms with E-state index in [2.05, 4.69) is 168 Å². The third-order valence-corrected chi connectivity index (χ3v) is 14.3. The van der Waals surface area contributed by atoms with Gasteiger partial charge in [-0.05, 0) is 88.1 Å². The molecule has 0 amide bonds. The van der Waals surface area contributed by atoms with Crippen LogP contribution >= 0.6 is 11.3 Å². The predicted molar refractivity (Wildman–Crippen MR) is 279 cm³/mol. The Kier molecular flexibility index (Phi) is 8.38. The lowest BCUT2D eigenvalue weighted by molar-refractivity contribution is 0.669. The van der Waals surface area contributed by atoms with Gasteiger partial charge >= 0.3 is 0 Å². The number of para-hydroxylation sites is 2. The largest absolute Gasteiger partial charge is 0.456 e. The molecule has 6 heteroatoms. The van der Waals surface area contributed by atoms with Crippen LogP contribution in [0.15, 0.2) is 223 Å². The number of nitrogens with zero attached hydrogens (tertiary/aromatic N) is 4. The molecular weight excluding hydrogens is 837 g/mol. The third kappa shape index (κ3) is 6.18. The fourth-order valence-corrected chi connectivity index (χ4v) is 11.2. The Morgan fingerprint density at radius 1 is 0.343 bits per heavy atom. The van der Waals surface area contributed by atoms with E-state index in [4.69, 9.17) is 19.4 Å². The standard InChI is InChI=1S/C61H36N4OS/c1-2-13-37(14-3-1)59-62-60(64-61(63-59)44-28-29-48-47-21-6-8-25-54(47)66-55(48)35-44)43-19-11-20-45(32-43)65-53-34-40-16-5-4-15-39(40)33-52(53)51-24-12-23-46(58(51)65)42-18-10-17-38(31-42)41-27-30-50-49-22-7-9-26-56(49)67-57(50)36-41/h1-36H. The molecule has 0 radical (unpaired) electrons. The summed E-state index contributed by atoms with van der Waals surface area (Å²) in [5.41, 5.74) is 12.3. The van der Waals surface area contributed by atoms with Gasteiger partial charge in [0.15, 0.2) is 17.5 Å². The van der Waals surface area contributed by atoms with Crippen molar-refractivity contribution in [2.75, 3.05) is 0 Å². The highest BCUT2D eigenvalue weighted by atomic mass is 32.1. The molecule has 67 heavy (non-hydrogen) atoms. The molecule has 0 spiro atoms. The molecule has 5 nitrogen and oxygen atoms in total. The first-order chi connectivity index (χ1) is 33.2. The first-order valence-electron chi connectivity index (χ1n) is 22.5. The number of rotatable bonds is 6. The Morgan fingerprint density at radius 3 is 1.82 bits per heavy atom. The van der Waals surface area contributed by atoms with Crippen LogP contribution in [-0.4, -0.2) is 19.5 Å². The summed E-state index contributed by atoms with van der Waals surface area (Å²) in [5.74, 6) is 1.77. The van der Waals surface area contributed by atoms with Crippen LogP contribution < -0.4 is 0 Å². The Hall–Kier alpha value is -8.71. The van der Waals surface area contributed by atoms with Crippen LogP contribution in [0.2, 0.25) is 0 Å². The number of aromatic nitrogens is 4. The van der Waals surface area contributed by atoms with Crippen molar-refractivity contribution in [3.63, 3.8) is 0 Å². The van der Waals surface area contributed by atoms with Gasteiger partial charge in [-0.3, -0.25) is 0 Å². The molecule has 14 aromatic rings. The zero-order valence-electron chi connectivity index (χ0n) is 35.9. The van der Waals surface area contributed by atoms with E-state index in [1.54, 1.807) is 0 Å². The van der Waals surface area contributed by atoms with Gasteiger partial charge in [-0.1, -0.05) is 158 Å². The van der Waals surface area contributed by atoms with E-state index in [1.165, 1.54) is 52.8 Å². The van der Waals surface area contributed by atoms with Gasteiger partial charge in [-0.2, -0.15) is 0 Å². The van der Waals surface area contributed by atoms with Gasteiger partial charge in [0.1, 0.15) is 11.2 Å². The van der Waals surface area contributed by atoms with Crippen LogP contribution in [0.4, 0.5) is 0 Å². The summed E-state index contributed by atoms with van der Waals surface area (Å²) in [5, 5.41) is 9.54. The molecule has 0 atom stereocenters. The topological polar surface area (TPSA) is 56.7 Å². The number of furan rings is 1. The SMILES string of the molecule is c1ccc(-c2nc(-c3cccc(-n4c5cc6ccccc6cc5c5cccc(-c6cccc(-c7ccc8c(c7)sc7ccccc78)c6)c54)c3)nc(-c3ccc4c(c3)oc3ccccc34)n2)cc1. The quantitative estimate of drug-likeness (QED) is 0.167. The predicted octanol–water partition coefficient (Wildman–Crippen LogP) is 16.7. The maximum Gasteiger partial charge on any atom is 0.164 e. The normalized spacial score (nSPS) is 11.9. The molecule has 0 saturated heterocycles. The molecule has 0 aliphatic rings. The molecule has 0 saturated carbocycles. The first kappa shape index (κ1) is 37.6. The zero-order valence-corrected chi connectivity index (χ0v) is 36.7. The second-order valence-electron chi connectivity index (χ2n) is 17.2. The molecule has 0 N–H and O–H groups in total. The van der Waals surface area contributed by atoms with E-state index in [0.29, 0.717) is 17.5 Å². The number of hydrogen-bond acceptors (Lipinski definition) is 5. The highest BCUT2D eigenvalue weighted by Gasteiger charge is 2.20. The van der Waals surface area contributed by atoms with Crippen molar-refractivity contribution in [2.24, 2.45) is 0 Å². The first-order valence-corrected chi connectivity index (χ1v) is 23.3. The van der Waals surface area contributed by atoms with Crippen LogP contribution in [0.25, 0.3) is 137 Å². The van der Waals surface area contributed by atoms with E-state index >= 15 is 0 Å². The second kappa shape index (κ2) is 14.9. The van der Waals surface area contributed by atoms with Gasteiger partial charge in [-0.15, -0.1) is 11.3 Å². The zero-order chi connectivity index (χ0) is 44.0. The monoisotopic (exact) mass is 872 g/mol. The van der Waals surface area contributed by atoms with Gasteiger partial charge in [0.05, 0.1) is 11.0 Å². The molecular formula is C61H36N4OS. The molecule has 4 heterocycles. The summed E-state index contributed by atoms with van der Waals surface area (Å²) in [6.07, 6.45) is 0. The van der Waals surface area contributed by atoms with Gasteiger partial charge in [0.2, 0.25) is 0 Å². The van der Waals surface area contributed by atoms with Crippen LogP contribution in [-0.2, 0) is 0 Å². The Bertz CT molecular complexity index is 4300. The highest BCUT2D eigenvalue weighted by Crippen LogP contribution is 2.42. The van der Waals surface area contributed by atoms with E-state index in [9.17, 15) is 0 Å². The molecule has 10 aromatic carbocycles. The molecule has 0 aliphatic heterocycles. The molecule has 4 aromatic heterocycles. The Morgan fingerprint density at radius 2 is 0.940 bits per heavy atom. The summed E-state index contributed by atoms with van der Waals surface area (Å²) >= 11 is 1.86. The van der Waals surface area contributed by atoms with Crippen LogP contribution in [0, 0.1) is 0 Å². The lowest BCUT2D eigenvalue weighted by atomic mass is 9.96. The minimum atomic E-state index is 0.577. The Labute approximate surface area is 388 Å². The van der Waals surface area contributed by atoms with Gasteiger partial charge in [-0.25, -0.2) is 15.0 Å². The number of hydrogen-bond donors (Lipinski definition) is 0. The fourth-order valence-electron chi connectivity index (χ4n) is 10.0. The van der Waals surface area contributed by atoms with E-state index < -0.39 is 0 Å². The maximum atomic E-state index is 6.32. The van der Waals surface area contributed by atoms with Crippen LogP contribution in [0.5, 0.6) is 0 Å². The lowest BCUT2D eigenvalue weighted by Crippen LogP contribution is -2.01. The summed E-state index contributed by atoms with van der Waals surface area (Å²) < 4.78 is 11.4. The van der Waals surface area contributed by atoms with Crippen molar-refractivity contribution < 1.29 is 4.42 Å². The Balaban J connectivity index is 0.954. The van der Waals surface area contributed by atoms with Crippen molar-refractivity contribution in [1.29, 1.82) is 0 Å². The number of benzene rings is 10. The average molecular weight is 873 g/mol. The average Bonchev–Trinajstić information content (AvgIpc) is 4.07. The summed E-state index contributed by atoms with van der Waals surface area (Å²) in [7, 11) is 0. The summed E-state index contributed by atoms with van der Waals surface area (Å²) in [6, 6.07) is 77.7. The van der Waals surface area contributed by atoms with Crippen molar-refractivity contribution in [3.8, 4) is 62.1 Å². The van der Waals surface area contributed by atoms with Gasteiger partial charge in [0, 0.05) is 69.7 Å². The molecule has 312 valence electrons. The molecule has 0 bridgehead atoms. The number of fused-ring (bicyclic) bond motifs is 10. The van der Waals surface area contributed by atoms with E-state index in [1.807, 2.05) is 65.9 Å². The van der Waals surface area contributed by atoms with Crippen molar-refractivity contribution in [1.82, 2.24) is 19.5 Å². The molecule has 0 aliphatic carbocycles. The third-order valence-electron chi connectivity index (χ3n) is 13.2. The van der Waals surface area contributed by atoms with Gasteiger partial charge in [0.25, 0.3) is 0 Å². The van der Waals surface area contributed by atoms with Crippen molar-refractivity contribution in [2.45, 2.75) is 0 Å². The molecule has 0 fully saturated rings. The maximum absolute atomic E-state index is 6.32. The van der Waals surface area contributed by atoms with Gasteiger partial charge < -0.3 is 8.98 Å². The minimum Gasteiger partial charge on any atom is -0.456 e. The van der Waals surface area contributed by atoms with E-state index in [0.717, 1.165) is 66.5 Å². The van der Waals surface area contributed by atoms with E-state index in [-0.39, 0.29) is 0 Å². The molecule has 14 rings (SSSR count). The van der Waals surface area contributed by atoms with Crippen LogP contribution in [0.1, 0.15) is 0 Å². The summed E-state index contributed by atoms with van der Waals surface area (Å²) in [4.78, 5) is 15.4. The summed E-state index contributed by atoms with van der Waals surface area (Å²) in [6.45, 7) is 0. The smallest absolute Gasteiger partial charge is 0.164 e.